The van der Waals surface area contributed by atoms with Crippen LogP contribution in [0, 0.1) is 0 Å². The number of nitrogens with one attached hydrogen (secondary N) is 4. The Kier molecular flexibility index (Phi) is 44.4. The quantitative estimate of drug-likeness (QED) is 0.0245. The molecule has 40 nitrogen and oxygen atoms in total. The highest BCUT2D eigenvalue weighted by molar-refractivity contribution is 6.28. The van der Waals surface area contributed by atoms with E-state index in [4.69, 9.17) is 115 Å². The highest BCUT2D eigenvalue weighted by Crippen LogP contribution is 2.46. The molecule has 10 aliphatic rings. The number of carbonyl (C=O) groups is 5. The highest BCUT2D eigenvalue weighted by Gasteiger charge is 2.54. The number of aromatic nitrogens is 9. The number of benzene rings is 3. The number of carbonyl (C=O) groups excluding carboxylic acids is 5. The molecule has 9 aromatic rings. The molecule has 5 aliphatic carbocycles. The number of nitrogen functional groups attached to an aromatic ring is 3. The zero-order chi connectivity index (χ0) is 109. The number of hydrogen-bond donors (Lipinski definition) is 8. The van der Waals surface area contributed by atoms with Crippen LogP contribution in [0.15, 0.2) is 109 Å². The van der Waals surface area contributed by atoms with Gasteiger partial charge < -0.3 is 129 Å². The first-order chi connectivity index (χ1) is 71.8. The first-order valence-electron chi connectivity index (χ1n) is 52.2. The van der Waals surface area contributed by atoms with Gasteiger partial charge in [-0.25, -0.2) is 29.5 Å². The number of hydrogen-bond acceptors (Lipinski definition) is 35. The van der Waals surface area contributed by atoms with Gasteiger partial charge in [-0.3, -0.25) is 14.4 Å². The van der Waals surface area contributed by atoms with Crippen LogP contribution in [0.5, 0.6) is 0 Å². The fourth-order valence-electron chi connectivity index (χ4n) is 18.8. The largest absolute Gasteiger partial charge is 0.444 e. The molecule has 11 N–H and O–H groups in total. The molecule has 5 amide bonds. The van der Waals surface area contributed by atoms with Gasteiger partial charge in [-0.1, -0.05) is 57.2 Å². The van der Waals surface area contributed by atoms with Crippen LogP contribution in [-0.2, 0) is 66.3 Å². The minimum atomic E-state index is -0.471. The van der Waals surface area contributed by atoms with Gasteiger partial charge in [-0.15, -0.1) is 0 Å². The molecule has 0 radical (unpaired) electrons. The van der Waals surface area contributed by atoms with E-state index in [2.05, 4.69) is 76.8 Å². The minimum Gasteiger partial charge on any atom is -0.444 e. The monoisotopic (exact) mass is 2100 g/mol. The van der Waals surface area contributed by atoms with Crippen molar-refractivity contribution in [1.29, 1.82) is 0 Å². The summed E-state index contributed by atoms with van der Waals surface area (Å²) in [6.07, 6.45) is 12.3. The lowest BCUT2D eigenvalue weighted by Gasteiger charge is -2.51. The van der Waals surface area contributed by atoms with Gasteiger partial charge >= 0.3 is 12.2 Å². The Morgan fingerprint density at radius 3 is 1.03 bits per heavy atom. The Hall–Kier alpha value is -11.2. The number of methoxy groups -OCH3 is 4. The Labute approximate surface area is 886 Å². The van der Waals surface area contributed by atoms with Crippen molar-refractivity contribution >= 4 is 104 Å². The van der Waals surface area contributed by atoms with Crippen molar-refractivity contribution in [2.75, 3.05) is 215 Å². The van der Waals surface area contributed by atoms with E-state index in [-0.39, 0.29) is 93.4 Å². The molecule has 0 bridgehead atoms. The SMILES string of the molecule is CC(C)(C)OC(=O)N1CCOC2(CC(O)C2)C1.CCCOCC.CCCOCC.CCCOCC.CNC(=O)c1cccc(-c2ccc3c(N)nc(Cl)nc3n2)c1.CNC(=O)c1cccc(-c2ccc3c(N)nc(N4CCOC5(CC(OC)C5)C4)nc3n2)c1.CNC(=O)c1cccc(-c2ccc3c(N)nc(N4CCOC5(CC(OC)C5)C4)nc3n2)c1.COC1CC2(C1)CN(C(=O)OC(C)(C)C)CCO2.COC1CC2(CNCCO2)C1. The third kappa shape index (κ3) is 33.4. The van der Waals surface area contributed by atoms with Crippen LogP contribution in [-0.4, -0.2) is 347 Å². The summed E-state index contributed by atoms with van der Waals surface area (Å²) in [5.41, 5.74) is 24.4. The molecule has 6 aromatic heterocycles. The normalized spacial score (nSPS) is 23.2. The first-order valence-corrected chi connectivity index (χ1v) is 52.5. The standard InChI is InChI=1S/2C23H26N6O3.C15H12ClN5O.C13H23NO4.C12H21NO4.C8H15NO2.3C5H12O/c2*1-25-21(30)15-5-3-4-14(10-15)18-7-6-17-19(24)27-22(28-20(17)26-18)29-8-9-32-23(13-29)11-16(12-23)31-2;1-18-14(22)9-4-2-3-8(7-9)11-6-5-10-12(17)20-15(16)21-13(10)19-11;1-12(2,3)18-11(15)14-5-6-17-13(9-14)7-10(8-13)16-4;1-11(2,3)17-10(15)13-4-5-16-12(8-13)6-9(14)7-12;1-10-7-4-8(5-7)6-9-2-3-11-8;3*1-3-5-6-4-2/h2*3-7,10,16H,8-9,11-13H2,1-2H3,(H,25,30)(H2,24,26,27,28);2-7H,1H3,(H,18,22)(H2,17,19,20,21);10H,5-9H2,1-4H3;9,14H,4-8H2,1-3H3;7,9H,2-6H2,1H3;3*3-5H2,1-2H3. The lowest BCUT2D eigenvalue weighted by molar-refractivity contribution is -0.195. The molecular weight excluding hydrogens is 1940 g/mol. The predicted molar refractivity (Wildman–Crippen MR) is 579 cm³/mol. The van der Waals surface area contributed by atoms with Crippen LogP contribution >= 0.6 is 11.6 Å². The maximum atomic E-state index is 12.0. The van der Waals surface area contributed by atoms with Gasteiger partial charge in [0.2, 0.25) is 17.2 Å². The average molecular weight is 2110 g/mol. The molecule has 5 saturated carbocycles. The summed E-state index contributed by atoms with van der Waals surface area (Å²) < 4.78 is 76.3. The number of rotatable bonds is 21. The number of halogens is 1. The molecule has 10 fully saturated rings. The number of morpholine rings is 5. The van der Waals surface area contributed by atoms with Gasteiger partial charge in [-0.05, 0) is 166 Å². The van der Waals surface area contributed by atoms with Gasteiger partial charge in [0.25, 0.3) is 17.7 Å². The number of fused-ring (bicyclic) bond motifs is 3. The number of ether oxygens (including phenoxy) is 14. The molecule has 5 aliphatic heterocycles. The lowest BCUT2D eigenvalue weighted by Crippen LogP contribution is -2.62. The molecule has 822 valence electrons. The fourth-order valence-corrected chi connectivity index (χ4v) is 18.9. The lowest BCUT2D eigenvalue weighted by atomic mass is 9.76. The number of anilines is 5. The summed E-state index contributed by atoms with van der Waals surface area (Å²) in [5, 5.41) is 22.7. The maximum Gasteiger partial charge on any atom is 0.410 e. The van der Waals surface area contributed by atoms with Crippen LogP contribution in [0.2, 0.25) is 5.28 Å². The van der Waals surface area contributed by atoms with Gasteiger partial charge in [0.15, 0.2) is 16.9 Å². The highest BCUT2D eigenvalue weighted by atomic mass is 35.5. The molecule has 5 spiro atoms. The Morgan fingerprint density at radius 1 is 0.413 bits per heavy atom. The van der Waals surface area contributed by atoms with E-state index in [0.29, 0.717) is 188 Å². The van der Waals surface area contributed by atoms with Crippen molar-refractivity contribution < 1.29 is 95.4 Å². The minimum absolute atomic E-state index is 0.0498. The molecule has 19 rings (SSSR count). The summed E-state index contributed by atoms with van der Waals surface area (Å²) in [5.74, 6) is 1.75. The second-order valence-electron chi connectivity index (χ2n) is 40.6. The smallest absolute Gasteiger partial charge is 0.410 e. The van der Waals surface area contributed by atoms with Gasteiger partial charge in [0.05, 0.1) is 151 Å². The Morgan fingerprint density at radius 2 is 0.727 bits per heavy atom. The van der Waals surface area contributed by atoms with E-state index in [1.807, 2.05) is 129 Å². The van der Waals surface area contributed by atoms with Gasteiger partial charge in [0, 0.05) is 226 Å². The van der Waals surface area contributed by atoms with E-state index < -0.39 is 11.2 Å². The van der Waals surface area contributed by atoms with Crippen molar-refractivity contribution in [3.05, 3.63) is 131 Å². The van der Waals surface area contributed by atoms with Crippen molar-refractivity contribution in [3.63, 3.8) is 0 Å². The van der Waals surface area contributed by atoms with Crippen LogP contribution in [0.4, 0.5) is 38.9 Å². The van der Waals surface area contributed by atoms with Crippen molar-refractivity contribution in [2.24, 2.45) is 0 Å². The molecular formula is C109H159ClN20O20. The van der Waals surface area contributed by atoms with Crippen molar-refractivity contribution in [2.45, 2.75) is 236 Å². The zero-order valence-electron chi connectivity index (χ0n) is 90.9. The van der Waals surface area contributed by atoms with Gasteiger partial charge in [0.1, 0.15) is 28.7 Å². The maximum absolute atomic E-state index is 12.0. The summed E-state index contributed by atoms with van der Waals surface area (Å²) in [4.78, 5) is 108. The summed E-state index contributed by atoms with van der Waals surface area (Å²) in [6.45, 7) is 39.1. The Bertz CT molecular complexity index is 5630. The number of pyridine rings is 3. The van der Waals surface area contributed by atoms with Crippen LogP contribution in [0.25, 0.3) is 66.9 Å². The number of nitrogens with two attached hydrogens (primary N) is 3. The summed E-state index contributed by atoms with van der Waals surface area (Å²) in [7, 11) is 11.8. The second kappa shape index (κ2) is 55.9. The van der Waals surface area contributed by atoms with Crippen molar-refractivity contribution in [1.82, 2.24) is 75.9 Å². The number of amides is 5. The van der Waals surface area contributed by atoms with Crippen LogP contribution in [0.3, 0.4) is 0 Å². The van der Waals surface area contributed by atoms with Crippen LogP contribution in [0.1, 0.15) is 198 Å². The average Bonchev–Trinajstić information content (AvgIpc) is 0.721. The number of nitrogens with zero attached hydrogens (tertiary/aromatic N) is 13. The number of aliphatic hydroxyl groups excluding tert-OH is 1. The topological polar surface area (TPSA) is 490 Å². The fraction of sp³-hybridized carbons (Fsp3) is 0.596. The van der Waals surface area contributed by atoms with E-state index in [9.17, 15) is 29.1 Å². The summed E-state index contributed by atoms with van der Waals surface area (Å²) >= 11 is 5.81. The molecule has 11 heterocycles. The third-order valence-electron chi connectivity index (χ3n) is 26.7. The molecule has 150 heavy (non-hydrogen) atoms. The third-order valence-corrected chi connectivity index (χ3v) is 26.8. The second-order valence-corrected chi connectivity index (χ2v) is 40.9. The molecule has 5 saturated heterocycles. The van der Waals surface area contributed by atoms with Crippen molar-refractivity contribution in [3.8, 4) is 33.8 Å². The predicted octanol–water partition coefficient (Wildman–Crippen LogP) is 13.7. The van der Waals surface area contributed by atoms with Crippen LogP contribution < -0.4 is 48.3 Å². The first kappa shape index (κ1) is 119. The molecule has 0 unspecified atom stereocenters. The zero-order valence-corrected chi connectivity index (χ0v) is 91.7. The van der Waals surface area contributed by atoms with E-state index in [0.717, 1.165) is 147 Å². The molecule has 0 atom stereocenters. The van der Waals surface area contributed by atoms with E-state index in [1.54, 1.807) is 102 Å². The molecule has 41 heteroatoms. The Balaban J connectivity index is 0.000000169. The summed E-state index contributed by atoms with van der Waals surface area (Å²) in [6, 6.07) is 32.9. The van der Waals surface area contributed by atoms with E-state index in [1.165, 1.54) is 0 Å². The number of aliphatic hydroxyl groups is 1. The van der Waals surface area contributed by atoms with E-state index >= 15 is 0 Å². The van der Waals surface area contributed by atoms with Gasteiger partial charge in [-0.2, -0.15) is 24.9 Å². The molecule has 3 aromatic carbocycles.